The molecule has 168 valence electrons. The van der Waals surface area contributed by atoms with Gasteiger partial charge in [0.05, 0.1) is 10.5 Å². The van der Waals surface area contributed by atoms with Gasteiger partial charge in [-0.3, -0.25) is 9.59 Å². The van der Waals surface area contributed by atoms with Crippen molar-refractivity contribution in [1.82, 2.24) is 4.90 Å². The van der Waals surface area contributed by atoms with Gasteiger partial charge in [0.2, 0.25) is 0 Å². The van der Waals surface area contributed by atoms with Gasteiger partial charge < -0.3 is 23.7 Å². The molecule has 1 saturated heterocycles. The van der Waals surface area contributed by atoms with Crippen molar-refractivity contribution in [1.29, 1.82) is 0 Å². The highest BCUT2D eigenvalue weighted by Crippen LogP contribution is 2.33. The molecule has 0 radical (unpaired) electrons. The van der Waals surface area contributed by atoms with Crippen molar-refractivity contribution in [2.45, 2.75) is 58.3 Å². The van der Waals surface area contributed by atoms with E-state index in [-0.39, 0.29) is 24.9 Å². The van der Waals surface area contributed by atoms with Crippen LogP contribution in [-0.4, -0.2) is 60.4 Å². The summed E-state index contributed by atoms with van der Waals surface area (Å²) in [5, 5.41) is 8.96. The number of furan rings is 1. The van der Waals surface area contributed by atoms with Crippen LogP contribution in [-0.2, 0) is 30.2 Å². The van der Waals surface area contributed by atoms with Crippen LogP contribution in [0.1, 0.15) is 51.2 Å². The molecule has 10 heteroatoms. The number of esters is 1. The number of unbranched alkanes of at least 4 members (excludes halogenated alkanes) is 1. The Morgan fingerprint density at radius 1 is 1.37 bits per heavy atom. The molecule has 1 aliphatic rings. The maximum Gasteiger partial charge on any atom is 0.417 e. The van der Waals surface area contributed by atoms with E-state index < -0.39 is 36.2 Å². The molecular formula is C20H28BrNO8. The number of halogens is 1. The van der Waals surface area contributed by atoms with E-state index in [0.717, 1.165) is 4.90 Å². The number of aliphatic hydroxyl groups is 1. The van der Waals surface area contributed by atoms with Crippen LogP contribution in [0.25, 0.3) is 0 Å². The standard InChI is InChI=1S/C20H28BrNO8/c1-11(2)14-10-28-20(26)22(14)19(25)18(27-4)17(29-12(3)24)16-9-13(21)15(30-16)7-5-6-8-23/h9,11,14,17-18,23H,5-8,10H2,1-4H3/t14-,17-,18+/m1/s1. The van der Waals surface area contributed by atoms with E-state index in [9.17, 15) is 14.4 Å². The summed E-state index contributed by atoms with van der Waals surface area (Å²) < 4.78 is 22.3. The Kier molecular flexibility index (Phi) is 8.87. The van der Waals surface area contributed by atoms with E-state index in [1.165, 1.54) is 14.0 Å². The third-order valence-corrected chi connectivity index (χ3v) is 5.52. The second-order valence-corrected chi connectivity index (χ2v) is 8.24. The Hall–Kier alpha value is -1.91. The molecule has 1 aromatic heterocycles. The molecule has 0 aliphatic carbocycles. The van der Waals surface area contributed by atoms with E-state index in [4.69, 9.17) is 23.7 Å². The molecule has 0 saturated carbocycles. The molecule has 2 amide bonds. The summed E-state index contributed by atoms with van der Waals surface area (Å²) in [6.07, 6.45) is -1.39. The number of carbonyl (C=O) groups is 3. The number of imide groups is 1. The van der Waals surface area contributed by atoms with Gasteiger partial charge in [0.1, 0.15) is 18.1 Å². The molecule has 0 aromatic carbocycles. The number of rotatable bonds is 10. The average molecular weight is 490 g/mol. The highest BCUT2D eigenvalue weighted by atomic mass is 79.9. The molecule has 0 unspecified atom stereocenters. The van der Waals surface area contributed by atoms with Gasteiger partial charge in [0.25, 0.3) is 5.91 Å². The molecule has 2 rings (SSSR count). The number of aryl methyl sites for hydroxylation is 1. The largest absolute Gasteiger partial charge is 0.461 e. The molecule has 0 spiro atoms. The number of amides is 2. The van der Waals surface area contributed by atoms with Gasteiger partial charge in [-0.2, -0.15) is 0 Å². The van der Waals surface area contributed by atoms with Gasteiger partial charge in [0, 0.05) is 27.1 Å². The Labute approximate surface area is 183 Å². The predicted molar refractivity (Wildman–Crippen MR) is 109 cm³/mol. The summed E-state index contributed by atoms with van der Waals surface area (Å²) in [5.74, 6) is -0.516. The Balaban J connectivity index is 2.34. The predicted octanol–water partition coefficient (Wildman–Crippen LogP) is 2.98. The molecule has 30 heavy (non-hydrogen) atoms. The van der Waals surface area contributed by atoms with Crippen molar-refractivity contribution >= 4 is 33.9 Å². The Bertz CT molecular complexity index is 762. The van der Waals surface area contributed by atoms with Crippen LogP contribution in [0.15, 0.2) is 15.0 Å². The SMILES string of the molecule is CO[C@H](C(=O)N1C(=O)OC[C@@H]1C(C)C)[C@H](OC(C)=O)c1cc(Br)c(CCCCO)o1. The minimum atomic E-state index is -1.30. The highest BCUT2D eigenvalue weighted by Gasteiger charge is 2.46. The van der Waals surface area contributed by atoms with Crippen LogP contribution in [0.3, 0.4) is 0 Å². The monoisotopic (exact) mass is 489 g/mol. The maximum absolute atomic E-state index is 13.2. The van der Waals surface area contributed by atoms with E-state index in [0.29, 0.717) is 29.5 Å². The number of hydrogen-bond acceptors (Lipinski definition) is 8. The Morgan fingerprint density at radius 2 is 2.07 bits per heavy atom. The maximum atomic E-state index is 13.2. The number of methoxy groups -OCH3 is 1. The molecule has 0 bridgehead atoms. The molecule has 3 atom stereocenters. The van der Waals surface area contributed by atoms with Crippen LogP contribution in [0.2, 0.25) is 0 Å². The first-order valence-corrected chi connectivity index (χ1v) is 10.6. The minimum absolute atomic E-state index is 0.0269. The quantitative estimate of drug-likeness (QED) is 0.393. The summed E-state index contributed by atoms with van der Waals surface area (Å²) >= 11 is 3.41. The van der Waals surface area contributed by atoms with Crippen molar-refractivity contribution in [2.24, 2.45) is 5.92 Å². The first-order valence-electron chi connectivity index (χ1n) is 9.80. The first-order chi connectivity index (χ1) is 14.2. The van der Waals surface area contributed by atoms with Gasteiger partial charge in [-0.05, 0) is 40.8 Å². The van der Waals surface area contributed by atoms with Gasteiger partial charge in [-0.25, -0.2) is 9.69 Å². The number of aliphatic hydroxyl groups excluding tert-OH is 1. The van der Waals surface area contributed by atoms with E-state index in [2.05, 4.69) is 15.9 Å². The molecule has 1 aromatic rings. The van der Waals surface area contributed by atoms with Crippen LogP contribution >= 0.6 is 15.9 Å². The lowest BCUT2D eigenvalue weighted by Crippen LogP contribution is -2.49. The minimum Gasteiger partial charge on any atom is -0.461 e. The second kappa shape index (κ2) is 10.9. The number of ether oxygens (including phenoxy) is 3. The molecule has 9 nitrogen and oxygen atoms in total. The molecule has 1 aliphatic heterocycles. The highest BCUT2D eigenvalue weighted by molar-refractivity contribution is 9.10. The van der Waals surface area contributed by atoms with Gasteiger partial charge in [-0.1, -0.05) is 13.8 Å². The van der Waals surface area contributed by atoms with Crippen molar-refractivity contribution < 1.29 is 38.1 Å². The Morgan fingerprint density at radius 3 is 2.63 bits per heavy atom. The molecular weight excluding hydrogens is 462 g/mol. The van der Waals surface area contributed by atoms with E-state index >= 15 is 0 Å². The van der Waals surface area contributed by atoms with Crippen LogP contribution in [0.5, 0.6) is 0 Å². The topological polar surface area (TPSA) is 116 Å². The third-order valence-electron chi connectivity index (χ3n) is 4.85. The summed E-state index contributed by atoms with van der Waals surface area (Å²) in [5.41, 5.74) is 0. The zero-order valence-corrected chi connectivity index (χ0v) is 19.1. The lowest BCUT2D eigenvalue weighted by molar-refractivity contribution is -0.164. The number of nitrogens with zero attached hydrogens (tertiary/aromatic N) is 1. The van der Waals surface area contributed by atoms with Crippen molar-refractivity contribution in [2.75, 3.05) is 20.3 Å². The normalized spacial score (nSPS) is 18.4. The van der Waals surface area contributed by atoms with Crippen molar-refractivity contribution in [3.63, 3.8) is 0 Å². The zero-order valence-electron chi connectivity index (χ0n) is 17.6. The lowest BCUT2D eigenvalue weighted by Gasteiger charge is -2.29. The fraction of sp³-hybridized carbons (Fsp3) is 0.650. The fourth-order valence-electron chi connectivity index (χ4n) is 3.25. The van der Waals surface area contributed by atoms with E-state index in [1.54, 1.807) is 6.07 Å². The summed E-state index contributed by atoms with van der Waals surface area (Å²) in [4.78, 5) is 38.2. The lowest BCUT2D eigenvalue weighted by atomic mass is 10.0. The van der Waals surface area contributed by atoms with Gasteiger partial charge >= 0.3 is 12.1 Å². The molecule has 1 fully saturated rings. The molecule has 1 N–H and O–H groups in total. The van der Waals surface area contributed by atoms with Crippen molar-refractivity contribution in [3.05, 3.63) is 22.1 Å². The smallest absolute Gasteiger partial charge is 0.417 e. The molecule has 2 heterocycles. The van der Waals surface area contributed by atoms with Gasteiger partial charge in [-0.15, -0.1) is 0 Å². The van der Waals surface area contributed by atoms with Crippen LogP contribution < -0.4 is 0 Å². The summed E-state index contributed by atoms with van der Waals surface area (Å²) in [6.45, 7) is 5.13. The zero-order chi connectivity index (χ0) is 22.4. The van der Waals surface area contributed by atoms with Crippen LogP contribution in [0, 0.1) is 5.92 Å². The van der Waals surface area contributed by atoms with Gasteiger partial charge in [0.15, 0.2) is 12.2 Å². The fourth-order valence-corrected chi connectivity index (χ4v) is 3.76. The number of cyclic esters (lactones) is 1. The number of hydrogen-bond donors (Lipinski definition) is 1. The van der Waals surface area contributed by atoms with Crippen molar-refractivity contribution in [3.8, 4) is 0 Å². The second-order valence-electron chi connectivity index (χ2n) is 7.38. The number of carbonyl (C=O) groups excluding carboxylic acids is 3. The summed E-state index contributed by atoms with van der Waals surface area (Å²) in [6, 6.07) is 1.17. The summed E-state index contributed by atoms with van der Waals surface area (Å²) in [7, 11) is 1.30. The van der Waals surface area contributed by atoms with Crippen LogP contribution in [0.4, 0.5) is 4.79 Å². The van der Waals surface area contributed by atoms with E-state index in [1.807, 2.05) is 13.8 Å². The first kappa shape index (κ1) is 24.4. The average Bonchev–Trinajstić information content (AvgIpc) is 3.24. The third kappa shape index (κ3) is 5.61.